The van der Waals surface area contributed by atoms with E-state index in [4.69, 9.17) is 5.53 Å². The van der Waals surface area contributed by atoms with Crippen LogP contribution in [0.15, 0.2) is 34.3 Å². The van der Waals surface area contributed by atoms with Crippen LogP contribution in [0.5, 0.6) is 0 Å². The van der Waals surface area contributed by atoms with Crippen molar-refractivity contribution in [2.75, 3.05) is 19.6 Å². The highest BCUT2D eigenvalue weighted by Gasteiger charge is 2.29. The summed E-state index contributed by atoms with van der Waals surface area (Å²) < 4.78 is 27.0. The van der Waals surface area contributed by atoms with E-state index in [2.05, 4.69) is 30.8 Å². The fourth-order valence-corrected chi connectivity index (χ4v) is 4.23. The monoisotopic (exact) mass is 336 g/mol. The van der Waals surface area contributed by atoms with Gasteiger partial charge >= 0.3 is 0 Å². The Morgan fingerprint density at radius 3 is 2.26 bits per heavy atom. The van der Waals surface area contributed by atoms with Crippen LogP contribution in [0.1, 0.15) is 39.2 Å². The fraction of sp³-hybridized carbons (Fsp3) is 0.625. The van der Waals surface area contributed by atoms with Crippen molar-refractivity contribution >= 4 is 10.0 Å². The molecule has 23 heavy (non-hydrogen) atoms. The van der Waals surface area contributed by atoms with Gasteiger partial charge in [-0.05, 0) is 47.4 Å². The second-order valence-corrected chi connectivity index (χ2v) is 8.97. The van der Waals surface area contributed by atoms with Gasteiger partial charge in [0.1, 0.15) is 0 Å². The normalized spacial score (nSPS) is 17.7. The summed E-state index contributed by atoms with van der Waals surface area (Å²) in [5.74, 6) is 0.278. The number of benzene rings is 1. The average Bonchev–Trinajstić information content (AvgIpc) is 2.52. The van der Waals surface area contributed by atoms with Gasteiger partial charge in [-0.25, -0.2) is 8.42 Å². The molecule has 6 nitrogen and oxygen atoms in total. The number of azide groups is 1. The molecule has 126 valence electrons. The van der Waals surface area contributed by atoms with Crippen molar-refractivity contribution in [3.05, 3.63) is 40.3 Å². The fourth-order valence-electron chi connectivity index (χ4n) is 2.76. The Morgan fingerprint density at radius 1 is 1.22 bits per heavy atom. The summed E-state index contributed by atoms with van der Waals surface area (Å²) in [6.45, 7) is 7.72. The number of nitrogens with zero attached hydrogens (tertiary/aromatic N) is 4. The maximum atomic E-state index is 12.7. The van der Waals surface area contributed by atoms with Gasteiger partial charge in [-0.2, -0.15) is 4.31 Å². The van der Waals surface area contributed by atoms with Crippen LogP contribution in [0.25, 0.3) is 10.4 Å². The Labute approximate surface area is 138 Å². The molecule has 2 rings (SSSR count). The first-order valence-corrected chi connectivity index (χ1v) is 9.30. The van der Waals surface area contributed by atoms with Crippen molar-refractivity contribution in [1.29, 1.82) is 0 Å². The molecular weight excluding hydrogens is 312 g/mol. The average molecular weight is 336 g/mol. The molecule has 0 spiro atoms. The van der Waals surface area contributed by atoms with Gasteiger partial charge in [-0.15, -0.1) is 0 Å². The predicted octanol–water partition coefficient (Wildman–Crippen LogP) is 3.70. The minimum atomic E-state index is -3.44. The molecule has 1 aromatic rings. The van der Waals surface area contributed by atoms with E-state index < -0.39 is 10.0 Å². The van der Waals surface area contributed by atoms with E-state index in [-0.39, 0.29) is 11.3 Å². The van der Waals surface area contributed by atoms with Crippen molar-refractivity contribution < 1.29 is 8.42 Å². The lowest BCUT2D eigenvalue weighted by molar-refractivity contribution is 0.278. The Kier molecular flexibility index (Phi) is 5.34. The molecule has 0 N–H and O–H groups in total. The van der Waals surface area contributed by atoms with Crippen LogP contribution < -0.4 is 0 Å². The predicted molar refractivity (Wildman–Crippen MR) is 90.6 cm³/mol. The Balaban J connectivity index is 2.09. The number of rotatable bonds is 4. The lowest BCUT2D eigenvalue weighted by atomic mass is 9.87. The third-order valence-corrected chi connectivity index (χ3v) is 6.25. The Hall–Kier alpha value is -1.56. The van der Waals surface area contributed by atoms with Crippen LogP contribution in [0.2, 0.25) is 0 Å². The van der Waals surface area contributed by atoms with Crippen LogP contribution in [-0.4, -0.2) is 32.4 Å². The highest BCUT2D eigenvalue weighted by Crippen LogP contribution is 2.27. The summed E-state index contributed by atoms with van der Waals surface area (Å²) in [7, 11) is -3.44. The summed E-state index contributed by atoms with van der Waals surface area (Å²) in [6.07, 6.45) is 1.47. The van der Waals surface area contributed by atoms with Crippen molar-refractivity contribution in [2.24, 2.45) is 11.0 Å². The van der Waals surface area contributed by atoms with Crippen molar-refractivity contribution in [1.82, 2.24) is 4.31 Å². The molecule has 0 amide bonds. The molecule has 1 fully saturated rings. The zero-order chi connectivity index (χ0) is 17.1. The van der Waals surface area contributed by atoms with E-state index in [1.807, 2.05) is 12.1 Å². The second kappa shape index (κ2) is 6.91. The van der Waals surface area contributed by atoms with E-state index in [1.54, 1.807) is 12.1 Å². The van der Waals surface area contributed by atoms with E-state index in [0.717, 1.165) is 18.4 Å². The molecule has 1 heterocycles. The molecule has 0 aliphatic carbocycles. The summed E-state index contributed by atoms with van der Waals surface area (Å²) in [5.41, 5.74) is 9.48. The quantitative estimate of drug-likeness (QED) is 0.477. The van der Waals surface area contributed by atoms with Gasteiger partial charge in [-0.3, -0.25) is 0 Å². The molecule has 0 saturated carbocycles. The highest BCUT2D eigenvalue weighted by atomic mass is 32.2. The highest BCUT2D eigenvalue weighted by molar-refractivity contribution is 7.89. The molecule has 0 radical (unpaired) electrons. The van der Waals surface area contributed by atoms with Gasteiger partial charge in [0.05, 0.1) is 4.90 Å². The van der Waals surface area contributed by atoms with Gasteiger partial charge in [0.15, 0.2) is 0 Å². The van der Waals surface area contributed by atoms with Crippen LogP contribution in [0.3, 0.4) is 0 Å². The first-order chi connectivity index (χ1) is 10.7. The molecule has 7 heteroatoms. The van der Waals surface area contributed by atoms with Gasteiger partial charge in [0.25, 0.3) is 0 Å². The van der Waals surface area contributed by atoms with Crippen molar-refractivity contribution in [2.45, 2.75) is 43.9 Å². The molecule has 1 aromatic carbocycles. The largest absolute Gasteiger partial charge is 0.243 e. The zero-order valence-electron chi connectivity index (χ0n) is 13.9. The number of piperidine rings is 1. The molecule has 1 saturated heterocycles. The van der Waals surface area contributed by atoms with E-state index in [1.165, 1.54) is 4.31 Å². The Morgan fingerprint density at radius 2 is 1.78 bits per heavy atom. The van der Waals surface area contributed by atoms with Gasteiger partial charge in [-0.1, -0.05) is 38.0 Å². The maximum Gasteiger partial charge on any atom is 0.243 e. The van der Waals surface area contributed by atoms with Crippen molar-refractivity contribution in [3.8, 4) is 0 Å². The lowest BCUT2D eigenvalue weighted by Crippen LogP contribution is -2.39. The smallest absolute Gasteiger partial charge is 0.207 e. The van der Waals surface area contributed by atoms with E-state index in [9.17, 15) is 8.42 Å². The van der Waals surface area contributed by atoms with E-state index >= 15 is 0 Å². The van der Waals surface area contributed by atoms with E-state index in [0.29, 0.717) is 24.5 Å². The topological polar surface area (TPSA) is 86.1 Å². The third-order valence-electron chi connectivity index (χ3n) is 4.33. The summed E-state index contributed by atoms with van der Waals surface area (Å²) in [5, 5.41) is 3.59. The maximum absolute atomic E-state index is 12.7. The Bertz CT molecular complexity index is 678. The third kappa shape index (κ3) is 4.25. The molecule has 0 aromatic heterocycles. The van der Waals surface area contributed by atoms with Crippen LogP contribution in [0.4, 0.5) is 0 Å². The first-order valence-electron chi connectivity index (χ1n) is 7.86. The molecule has 0 bridgehead atoms. The lowest BCUT2D eigenvalue weighted by Gasteiger charge is -2.30. The van der Waals surface area contributed by atoms with Gasteiger partial charge in [0.2, 0.25) is 10.0 Å². The SMILES string of the molecule is CC(C)(C)c1ccc(S(=O)(=O)N2CCC(CN=[N+]=[N-])CC2)cc1. The molecule has 0 atom stereocenters. The molecule has 0 unspecified atom stereocenters. The molecule has 1 aliphatic heterocycles. The standard InChI is InChI=1S/C16H24N4O2S/c1-16(2,3)14-4-6-15(7-5-14)23(21,22)20-10-8-13(9-11-20)12-18-19-17/h4-7,13H,8-12H2,1-3H3. The van der Waals surface area contributed by atoms with Crippen LogP contribution >= 0.6 is 0 Å². The summed E-state index contributed by atoms with van der Waals surface area (Å²) in [6, 6.07) is 7.17. The van der Waals surface area contributed by atoms with Gasteiger partial charge < -0.3 is 0 Å². The second-order valence-electron chi connectivity index (χ2n) is 7.04. The summed E-state index contributed by atoms with van der Waals surface area (Å²) >= 11 is 0. The zero-order valence-corrected chi connectivity index (χ0v) is 14.8. The van der Waals surface area contributed by atoms with Crippen LogP contribution in [0, 0.1) is 5.92 Å². The summed E-state index contributed by atoms with van der Waals surface area (Å²) in [4.78, 5) is 3.11. The minimum Gasteiger partial charge on any atom is -0.207 e. The number of hydrogen-bond donors (Lipinski definition) is 0. The van der Waals surface area contributed by atoms with Crippen LogP contribution in [-0.2, 0) is 15.4 Å². The van der Waals surface area contributed by atoms with Gasteiger partial charge in [0, 0.05) is 24.5 Å². The minimum absolute atomic E-state index is 0.00188. The number of sulfonamides is 1. The number of hydrogen-bond acceptors (Lipinski definition) is 3. The molecule has 1 aliphatic rings. The van der Waals surface area contributed by atoms with Crippen molar-refractivity contribution in [3.63, 3.8) is 0 Å². The first kappa shape index (κ1) is 17.8. The molecular formula is C16H24N4O2S.